The van der Waals surface area contributed by atoms with Crippen molar-refractivity contribution >= 4 is 43.3 Å². The fraction of sp³-hybridized carbons (Fsp3) is 0.308. The minimum Gasteiger partial charge on any atom is -0.361 e. The average Bonchev–Trinajstić information content (AvgIpc) is 3.22. The van der Waals surface area contributed by atoms with Gasteiger partial charge in [-0.15, -0.1) is 0 Å². The van der Waals surface area contributed by atoms with Gasteiger partial charge in [-0.05, 0) is 73.1 Å². The molecule has 1 heterocycles. The first-order chi connectivity index (χ1) is 15.9. The summed E-state index contributed by atoms with van der Waals surface area (Å²) in [6, 6.07) is 19.3. The molecule has 0 fully saturated rings. The Morgan fingerprint density at radius 3 is 2.36 bits per heavy atom. The van der Waals surface area contributed by atoms with E-state index < -0.39 is 10.2 Å². The molecular formula is C26H32N4O2S. The van der Waals surface area contributed by atoms with Crippen molar-refractivity contribution in [2.75, 3.05) is 35.2 Å². The van der Waals surface area contributed by atoms with E-state index in [4.69, 9.17) is 0 Å². The standard InChI is InChI=1S/C26H32N4O2S/c1-4-29(5-2)16-15-22-19-27-26-14-13-24(18-25(22)26)30(6-3)33(31,32)28-23-12-11-20-9-7-8-10-21(20)17-23/h7-14,17-19,27-28H,4-6,15-16H2,1-3H3. The summed E-state index contributed by atoms with van der Waals surface area (Å²) in [5, 5.41) is 3.13. The maximum Gasteiger partial charge on any atom is 0.323 e. The van der Waals surface area contributed by atoms with Gasteiger partial charge in [-0.3, -0.25) is 9.03 Å². The zero-order valence-electron chi connectivity index (χ0n) is 19.5. The van der Waals surface area contributed by atoms with Gasteiger partial charge in [0.25, 0.3) is 0 Å². The highest BCUT2D eigenvalue weighted by Gasteiger charge is 2.22. The summed E-state index contributed by atoms with van der Waals surface area (Å²) in [6.07, 6.45) is 2.95. The highest BCUT2D eigenvalue weighted by Crippen LogP contribution is 2.28. The summed E-state index contributed by atoms with van der Waals surface area (Å²) in [6.45, 7) is 9.53. The molecule has 0 amide bonds. The Kier molecular flexibility index (Phi) is 6.91. The van der Waals surface area contributed by atoms with Gasteiger partial charge < -0.3 is 9.88 Å². The van der Waals surface area contributed by atoms with Crippen molar-refractivity contribution in [3.63, 3.8) is 0 Å². The van der Waals surface area contributed by atoms with Gasteiger partial charge in [0.1, 0.15) is 0 Å². The van der Waals surface area contributed by atoms with Crippen LogP contribution in [0.5, 0.6) is 0 Å². The van der Waals surface area contributed by atoms with Crippen molar-refractivity contribution in [3.05, 3.63) is 72.4 Å². The van der Waals surface area contributed by atoms with E-state index >= 15 is 0 Å². The number of hydrogen-bond acceptors (Lipinski definition) is 3. The Labute approximate surface area is 196 Å². The fourth-order valence-corrected chi connectivity index (χ4v) is 5.56. The third-order valence-corrected chi connectivity index (χ3v) is 7.75. The van der Waals surface area contributed by atoms with E-state index in [1.54, 1.807) is 6.07 Å². The Balaban J connectivity index is 1.61. The van der Waals surface area contributed by atoms with Crippen LogP contribution in [0.1, 0.15) is 26.3 Å². The molecule has 1 aromatic heterocycles. The summed E-state index contributed by atoms with van der Waals surface area (Å²) < 4.78 is 30.8. The number of benzene rings is 3. The normalized spacial score (nSPS) is 12.0. The largest absolute Gasteiger partial charge is 0.361 e. The molecule has 4 rings (SSSR count). The van der Waals surface area contributed by atoms with Crippen LogP contribution in [0.4, 0.5) is 11.4 Å². The molecule has 0 saturated heterocycles. The topological polar surface area (TPSA) is 68.4 Å². The van der Waals surface area contributed by atoms with Crippen LogP contribution in [-0.4, -0.2) is 44.5 Å². The highest BCUT2D eigenvalue weighted by molar-refractivity contribution is 7.94. The van der Waals surface area contributed by atoms with Crippen molar-refractivity contribution in [2.45, 2.75) is 27.2 Å². The lowest BCUT2D eigenvalue weighted by atomic mass is 10.1. The summed E-state index contributed by atoms with van der Waals surface area (Å²) in [4.78, 5) is 5.71. The van der Waals surface area contributed by atoms with Crippen molar-refractivity contribution < 1.29 is 8.42 Å². The quantitative estimate of drug-likeness (QED) is 0.331. The van der Waals surface area contributed by atoms with Crippen molar-refractivity contribution in [2.24, 2.45) is 0 Å². The van der Waals surface area contributed by atoms with E-state index in [1.807, 2.05) is 67.7 Å². The van der Waals surface area contributed by atoms with Crippen LogP contribution in [0.15, 0.2) is 66.9 Å². The smallest absolute Gasteiger partial charge is 0.323 e. The monoisotopic (exact) mass is 464 g/mol. The van der Waals surface area contributed by atoms with E-state index in [0.29, 0.717) is 17.9 Å². The molecule has 0 saturated carbocycles. The number of nitrogens with one attached hydrogen (secondary N) is 2. The number of H-pyrrole nitrogens is 1. The predicted octanol–water partition coefficient (Wildman–Crippen LogP) is 5.39. The third-order valence-electron chi connectivity index (χ3n) is 6.20. The average molecular weight is 465 g/mol. The Morgan fingerprint density at radius 1 is 0.879 bits per heavy atom. The molecule has 7 heteroatoms. The van der Waals surface area contributed by atoms with E-state index in [2.05, 4.69) is 28.5 Å². The summed E-state index contributed by atoms with van der Waals surface area (Å²) >= 11 is 0. The van der Waals surface area contributed by atoms with Crippen LogP contribution < -0.4 is 9.03 Å². The number of hydrogen-bond donors (Lipinski definition) is 2. The molecule has 0 atom stereocenters. The zero-order chi connectivity index (χ0) is 23.4. The van der Waals surface area contributed by atoms with Gasteiger partial charge in [-0.2, -0.15) is 8.42 Å². The lowest BCUT2D eigenvalue weighted by Crippen LogP contribution is -2.35. The van der Waals surface area contributed by atoms with E-state index in [9.17, 15) is 8.42 Å². The maximum atomic E-state index is 13.3. The molecule has 2 N–H and O–H groups in total. The number of likely N-dealkylation sites (N-methyl/N-ethyl adjacent to an activating group) is 1. The molecule has 174 valence electrons. The summed E-state index contributed by atoms with van der Waals surface area (Å²) in [5.41, 5.74) is 3.43. The van der Waals surface area contributed by atoms with Crippen molar-refractivity contribution in [1.82, 2.24) is 9.88 Å². The second-order valence-electron chi connectivity index (χ2n) is 8.15. The lowest BCUT2D eigenvalue weighted by molar-refractivity contribution is 0.308. The SMILES string of the molecule is CCN(CC)CCc1c[nH]c2ccc(N(CC)S(=O)(=O)Nc3ccc4ccccc4c3)cc12. The van der Waals surface area contributed by atoms with Gasteiger partial charge in [0.05, 0.1) is 11.4 Å². The lowest BCUT2D eigenvalue weighted by Gasteiger charge is -2.24. The van der Waals surface area contributed by atoms with Crippen molar-refractivity contribution in [3.8, 4) is 0 Å². The van der Waals surface area contributed by atoms with Gasteiger partial charge >= 0.3 is 10.2 Å². The van der Waals surface area contributed by atoms with Crippen LogP contribution in [0, 0.1) is 0 Å². The predicted molar refractivity (Wildman–Crippen MR) is 139 cm³/mol. The molecule has 3 aromatic carbocycles. The Hall–Kier alpha value is -3.03. The highest BCUT2D eigenvalue weighted by atomic mass is 32.2. The minimum absolute atomic E-state index is 0.327. The van der Waals surface area contributed by atoms with Gasteiger partial charge in [0.15, 0.2) is 0 Å². The number of aromatic nitrogens is 1. The van der Waals surface area contributed by atoms with Gasteiger partial charge in [-0.1, -0.05) is 44.2 Å². The summed E-state index contributed by atoms with van der Waals surface area (Å²) in [7, 11) is -3.78. The molecule has 6 nitrogen and oxygen atoms in total. The van der Waals surface area contributed by atoms with Gasteiger partial charge in [0.2, 0.25) is 0 Å². The van der Waals surface area contributed by atoms with Gasteiger partial charge in [0, 0.05) is 30.2 Å². The third kappa shape index (κ3) is 4.99. The first-order valence-electron chi connectivity index (χ1n) is 11.6. The van der Waals surface area contributed by atoms with Crippen LogP contribution in [0.3, 0.4) is 0 Å². The van der Waals surface area contributed by atoms with E-state index in [0.717, 1.165) is 47.7 Å². The minimum atomic E-state index is -3.78. The number of fused-ring (bicyclic) bond motifs is 2. The molecule has 0 aliphatic rings. The van der Waals surface area contributed by atoms with E-state index in [-0.39, 0.29) is 0 Å². The second kappa shape index (κ2) is 9.85. The van der Waals surface area contributed by atoms with Crippen LogP contribution in [-0.2, 0) is 16.6 Å². The molecule has 0 spiro atoms. The Bertz CT molecular complexity index is 1340. The number of nitrogens with zero attached hydrogens (tertiary/aromatic N) is 2. The molecule has 33 heavy (non-hydrogen) atoms. The van der Waals surface area contributed by atoms with Crippen LogP contribution in [0.2, 0.25) is 0 Å². The number of anilines is 2. The Morgan fingerprint density at radius 2 is 1.64 bits per heavy atom. The molecular weight excluding hydrogens is 432 g/mol. The fourth-order valence-electron chi connectivity index (χ4n) is 4.29. The van der Waals surface area contributed by atoms with Crippen LogP contribution in [0.25, 0.3) is 21.7 Å². The van der Waals surface area contributed by atoms with Crippen molar-refractivity contribution in [1.29, 1.82) is 0 Å². The molecule has 0 bridgehead atoms. The van der Waals surface area contributed by atoms with Gasteiger partial charge in [-0.25, -0.2) is 0 Å². The number of aromatic amines is 1. The maximum absolute atomic E-state index is 13.3. The summed E-state index contributed by atoms with van der Waals surface area (Å²) in [5.74, 6) is 0. The zero-order valence-corrected chi connectivity index (χ0v) is 20.3. The molecule has 0 aliphatic carbocycles. The first kappa shape index (κ1) is 23.1. The molecule has 4 aromatic rings. The molecule has 0 unspecified atom stereocenters. The second-order valence-corrected chi connectivity index (χ2v) is 9.75. The molecule has 0 aliphatic heterocycles. The van der Waals surface area contributed by atoms with Crippen LogP contribution >= 0.6 is 0 Å². The molecule has 0 radical (unpaired) electrons. The van der Waals surface area contributed by atoms with E-state index in [1.165, 1.54) is 9.87 Å². The number of rotatable bonds is 10. The first-order valence-corrected chi connectivity index (χ1v) is 13.0.